The average molecular weight is 488 g/mol. The number of rotatable bonds is 5. The van der Waals surface area contributed by atoms with Gasteiger partial charge in [0.25, 0.3) is 5.78 Å². The fourth-order valence-electron chi connectivity index (χ4n) is 3.86. The van der Waals surface area contributed by atoms with Crippen molar-refractivity contribution in [2.45, 2.75) is 13.0 Å². The molecule has 0 radical (unpaired) electrons. The van der Waals surface area contributed by atoms with Gasteiger partial charge in [0.05, 0.1) is 11.6 Å². The van der Waals surface area contributed by atoms with Crippen LogP contribution in [-0.2, 0) is 9.59 Å². The number of aliphatic hydroxyl groups is 1. The standard InChI is InChI=1S/C26H18FN3O4S/c1-15-28-29-26(35-15)30-22(17-6-5-9-20(14-17)34-19-7-3-2-4-8-19)21(24(32)25(30)33)23(31)16-10-12-18(27)13-11-16/h2-14,22,31H,1H3/t22-/m1/s1. The Morgan fingerprint density at radius 2 is 1.69 bits per heavy atom. The van der Waals surface area contributed by atoms with E-state index in [0.717, 1.165) is 11.3 Å². The highest BCUT2D eigenvalue weighted by atomic mass is 32.1. The highest BCUT2D eigenvalue weighted by molar-refractivity contribution is 7.15. The maximum absolute atomic E-state index is 13.5. The van der Waals surface area contributed by atoms with Crippen LogP contribution >= 0.6 is 11.3 Å². The van der Waals surface area contributed by atoms with Gasteiger partial charge in [-0.05, 0) is 61.0 Å². The number of aryl methyl sites for hydroxylation is 1. The summed E-state index contributed by atoms with van der Waals surface area (Å²) in [5.41, 5.74) is 0.597. The van der Waals surface area contributed by atoms with Gasteiger partial charge in [-0.1, -0.05) is 41.7 Å². The molecule has 4 aromatic rings. The molecular weight excluding hydrogens is 469 g/mol. The number of ether oxygens (including phenoxy) is 1. The van der Waals surface area contributed by atoms with E-state index in [1.165, 1.54) is 29.2 Å². The molecule has 0 saturated carbocycles. The zero-order valence-corrected chi connectivity index (χ0v) is 19.2. The minimum absolute atomic E-state index is 0.133. The van der Waals surface area contributed by atoms with Crippen LogP contribution in [0.1, 0.15) is 22.2 Å². The summed E-state index contributed by atoms with van der Waals surface area (Å²) in [6.45, 7) is 1.74. The number of aromatic nitrogens is 2. The van der Waals surface area contributed by atoms with Crippen molar-refractivity contribution in [3.05, 3.63) is 106 Å². The molecule has 1 amide bonds. The molecule has 0 aliphatic carbocycles. The zero-order valence-electron chi connectivity index (χ0n) is 18.4. The average Bonchev–Trinajstić information content (AvgIpc) is 3.40. The van der Waals surface area contributed by atoms with Crippen molar-refractivity contribution in [3.63, 3.8) is 0 Å². The third-order valence-corrected chi connectivity index (χ3v) is 6.27. The second kappa shape index (κ2) is 9.11. The van der Waals surface area contributed by atoms with Gasteiger partial charge < -0.3 is 9.84 Å². The molecule has 35 heavy (non-hydrogen) atoms. The van der Waals surface area contributed by atoms with Gasteiger partial charge in [0.1, 0.15) is 28.1 Å². The molecule has 7 nitrogen and oxygen atoms in total. The number of amides is 1. The normalized spacial score (nSPS) is 17.1. The van der Waals surface area contributed by atoms with Crippen molar-refractivity contribution >= 4 is 33.9 Å². The molecule has 1 atom stereocenters. The van der Waals surface area contributed by atoms with E-state index in [2.05, 4.69) is 10.2 Å². The summed E-state index contributed by atoms with van der Waals surface area (Å²) in [4.78, 5) is 27.6. The Bertz CT molecular complexity index is 1450. The highest BCUT2D eigenvalue weighted by Gasteiger charge is 2.48. The number of anilines is 1. The molecule has 1 N–H and O–H groups in total. The van der Waals surface area contributed by atoms with Crippen molar-refractivity contribution < 1.29 is 23.8 Å². The van der Waals surface area contributed by atoms with Crippen LogP contribution in [0, 0.1) is 12.7 Å². The summed E-state index contributed by atoms with van der Waals surface area (Å²) in [6.07, 6.45) is 0. The van der Waals surface area contributed by atoms with Gasteiger partial charge in [-0.3, -0.25) is 14.5 Å². The number of Topliss-reactive ketones (excluding diaryl/α,β-unsaturated/α-hetero) is 1. The quantitative estimate of drug-likeness (QED) is 0.230. The van der Waals surface area contributed by atoms with E-state index in [0.29, 0.717) is 22.1 Å². The molecule has 3 aromatic carbocycles. The van der Waals surface area contributed by atoms with Crippen molar-refractivity contribution in [2.24, 2.45) is 0 Å². The number of benzene rings is 3. The van der Waals surface area contributed by atoms with Crippen molar-refractivity contribution in [2.75, 3.05) is 4.90 Å². The number of aliphatic hydroxyl groups excluding tert-OH is 1. The first-order valence-electron chi connectivity index (χ1n) is 10.6. The molecule has 2 heterocycles. The first-order valence-corrected chi connectivity index (χ1v) is 11.4. The van der Waals surface area contributed by atoms with Crippen LogP contribution in [0.3, 0.4) is 0 Å². The van der Waals surface area contributed by atoms with E-state index in [9.17, 15) is 19.1 Å². The summed E-state index contributed by atoms with van der Waals surface area (Å²) < 4.78 is 19.4. The second-order valence-electron chi connectivity index (χ2n) is 7.77. The number of ketones is 1. The van der Waals surface area contributed by atoms with Gasteiger partial charge in [-0.25, -0.2) is 4.39 Å². The lowest BCUT2D eigenvalue weighted by molar-refractivity contribution is -0.132. The number of para-hydroxylation sites is 1. The Morgan fingerprint density at radius 3 is 2.37 bits per heavy atom. The molecule has 0 spiro atoms. The highest BCUT2D eigenvalue weighted by Crippen LogP contribution is 2.43. The summed E-state index contributed by atoms with van der Waals surface area (Å²) in [6, 6.07) is 20.1. The maximum Gasteiger partial charge on any atom is 0.301 e. The Kier molecular flexibility index (Phi) is 5.84. The SMILES string of the molecule is Cc1nnc(N2C(=O)C(=O)C(=C(O)c3ccc(F)cc3)[C@H]2c2cccc(Oc3ccccc3)c2)s1. The molecule has 174 valence electrons. The van der Waals surface area contributed by atoms with Crippen LogP contribution < -0.4 is 9.64 Å². The lowest BCUT2D eigenvalue weighted by Gasteiger charge is -2.23. The molecule has 0 unspecified atom stereocenters. The van der Waals surface area contributed by atoms with Crippen LogP contribution in [0.15, 0.2) is 84.4 Å². The first-order chi connectivity index (χ1) is 16.9. The van der Waals surface area contributed by atoms with E-state index in [-0.39, 0.29) is 16.3 Å². The summed E-state index contributed by atoms with van der Waals surface area (Å²) in [7, 11) is 0. The number of carbonyl (C=O) groups excluding carboxylic acids is 2. The second-order valence-corrected chi connectivity index (χ2v) is 8.93. The summed E-state index contributed by atoms with van der Waals surface area (Å²) in [5.74, 6) is -1.53. The molecule has 1 aromatic heterocycles. The van der Waals surface area contributed by atoms with Gasteiger partial charge in [0, 0.05) is 5.56 Å². The molecule has 1 aliphatic heterocycles. The molecule has 5 rings (SSSR count). The maximum atomic E-state index is 13.5. The summed E-state index contributed by atoms with van der Waals surface area (Å²) >= 11 is 1.15. The minimum atomic E-state index is -0.994. The molecule has 0 bridgehead atoms. The van der Waals surface area contributed by atoms with Crippen LogP contribution in [0.2, 0.25) is 0 Å². The predicted octanol–water partition coefficient (Wildman–Crippen LogP) is 5.40. The minimum Gasteiger partial charge on any atom is -0.507 e. The Labute approximate surface area is 203 Å². The van der Waals surface area contributed by atoms with E-state index in [1.807, 2.05) is 18.2 Å². The number of hydrogen-bond donors (Lipinski definition) is 1. The smallest absolute Gasteiger partial charge is 0.301 e. The first kappa shape index (κ1) is 22.4. The predicted molar refractivity (Wildman–Crippen MR) is 129 cm³/mol. The number of hydrogen-bond acceptors (Lipinski definition) is 7. The van der Waals surface area contributed by atoms with Gasteiger partial charge in [0.15, 0.2) is 0 Å². The van der Waals surface area contributed by atoms with Crippen molar-refractivity contribution in [1.82, 2.24) is 10.2 Å². The molecular formula is C26H18FN3O4S. The number of halogens is 1. The fourth-order valence-corrected chi connectivity index (χ4v) is 4.58. The molecule has 1 aliphatic rings. The monoisotopic (exact) mass is 487 g/mol. The largest absolute Gasteiger partial charge is 0.507 e. The van der Waals surface area contributed by atoms with Gasteiger partial charge in [-0.2, -0.15) is 0 Å². The number of nitrogens with zero attached hydrogens (tertiary/aromatic N) is 3. The van der Waals surface area contributed by atoms with Gasteiger partial charge in [0.2, 0.25) is 5.13 Å². The topological polar surface area (TPSA) is 92.6 Å². The molecule has 9 heteroatoms. The third kappa shape index (κ3) is 4.29. The van der Waals surface area contributed by atoms with Crippen LogP contribution in [0.4, 0.5) is 9.52 Å². The Balaban J connectivity index is 1.65. The van der Waals surface area contributed by atoms with Crippen LogP contribution in [0.25, 0.3) is 5.76 Å². The van der Waals surface area contributed by atoms with Crippen molar-refractivity contribution in [1.29, 1.82) is 0 Å². The van der Waals surface area contributed by atoms with E-state index in [1.54, 1.807) is 43.3 Å². The van der Waals surface area contributed by atoms with Crippen LogP contribution in [0.5, 0.6) is 11.5 Å². The zero-order chi connectivity index (χ0) is 24.5. The lowest BCUT2D eigenvalue weighted by atomic mass is 9.95. The Hall–Kier alpha value is -4.37. The third-order valence-electron chi connectivity index (χ3n) is 5.44. The molecule has 1 fully saturated rings. The van der Waals surface area contributed by atoms with Gasteiger partial charge in [-0.15, -0.1) is 10.2 Å². The van der Waals surface area contributed by atoms with E-state index < -0.39 is 29.3 Å². The fraction of sp³-hybridized carbons (Fsp3) is 0.0769. The van der Waals surface area contributed by atoms with Crippen molar-refractivity contribution in [3.8, 4) is 11.5 Å². The molecule has 1 saturated heterocycles. The lowest BCUT2D eigenvalue weighted by Crippen LogP contribution is -2.29. The van der Waals surface area contributed by atoms with Crippen LogP contribution in [-0.4, -0.2) is 27.0 Å². The summed E-state index contributed by atoms with van der Waals surface area (Å²) in [5, 5.41) is 20.0. The van der Waals surface area contributed by atoms with Gasteiger partial charge >= 0.3 is 5.91 Å². The van der Waals surface area contributed by atoms with E-state index in [4.69, 9.17) is 4.74 Å². The number of carbonyl (C=O) groups is 2. The van der Waals surface area contributed by atoms with E-state index >= 15 is 0 Å². The Morgan fingerprint density at radius 1 is 0.971 bits per heavy atom.